The lowest BCUT2D eigenvalue weighted by Crippen LogP contribution is -2.45. The summed E-state index contributed by atoms with van der Waals surface area (Å²) >= 11 is 6.04. The molecular weight excluding hydrogens is 278 g/mol. The number of aromatic amines is 2. The van der Waals surface area contributed by atoms with Gasteiger partial charge in [-0.25, -0.2) is 14.8 Å². The molecule has 0 spiro atoms. The minimum absolute atomic E-state index is 0.108. The monoisotopic (exact) mass is 296 g/mol. The van der Waals surface area contributed by atoms with Gasteiger partial charge in [-0.3, -0.25) is 0 Å². The van der Waals surface area contributed by atoms with Crippen molar-refractivity contribution < 1.29 is 4.98 Å². The van der Waals surface area contributed by atoms with E-state index in [2.05, 4.69) is 25.2 Å². The van der Waals surface area contributed by atoms with Crippen LogP contribution in [0.25, 0.3) is 11.0 Å². The highest BCUT2D eigenvalue weighted by Crippen LogP contribution is 2.19. The molecule has 2 aromatic heterocycles. The summed E-state index contributed by atoms with van der Waals surface area (Å²) in [4.78, 5) is 23.8. The molecule has 20 heavy (non-hydrogen) atoms. The number of H-pyrrole nitrogens is 2. The van der Waals surface area contributed by atoms with E-state index in [1.54, 1.807) is 6.07 Å². The van der Waals surface area contributed by atoms with E-state index in [0.717, 1.165) is 31.6 Å². The highest BCUT2D eigenvalue weighted by atomic mass is 35.5. The Kier molecular flexibility index (Phi) is 4.92. The van der Waals surface area contributed by atoms with Gasteiger partial charge in [0.15, 0.2) is 0 Å². The molecule has 1 saturated heterocycles. The number of halogens is 1. The van der Waals surface area contributed by atoms with Crippen LogP contribution < -0.4 is 20.8 Å². The number of hydrogen-bond acceptors (Lipinski definition) is 4. The molecule has 0 atom stereocenters. The maximum absolute atomic E-state index is 12.0. The van der Waals surface area contributed by atoms with Gasteiger partial charge in [0.25, 0.3) is 0 Å². The molecule has 3 heterocycles. The molecular formula is C13H19ClN5O+. The van der Waals surface area contributed by atoms with Crippen LogP contribution in [0.3, 0.4) is 0 Å². The number of nitrogens with one attached hydrogen (secondary N) is 3. The summed E-state index contributed by atoms with van der Waals surface area (Å²) in [6.45, 7) is 7.39. The van der Waals surface area contributed by atoms with E-state index in [0.29, 0.717) is 16.5 Å². The number of nitrogens with zero attached hydrogens (tertiary/aromatic N) is 2. The Morgan fingerprint density at radius 1 is 1.35 bits per heavy atom. The molecule has 0 amide bonds. The molecule has 0 unspecified atom stereocenters. The summed E-state index contributed by atoms with van der Waals surface area (Å²) in [6, 6.07) is 1.80. The number of pyridine rings is 1. The van der Waals surface area contributed by atoms with Crippen molar-refractivity contribution in [3.63, 3.8) is 0 Å². The van der Waals surface area contributed by atoms with Gasteiger partial charge in [-0.05, 0) is 17.7 Å². The molecule has 1 aliphatic rings. The van der Waals surface area contributed by atoms with Crippen LogP contribution in [0.1, 0.15) is 13.8 Å². The first-order chi connectivity index (χ1) is 9.75. The molecule has 3 rings (SSSR count). The van der Waals surface area contributed by atoms with Crippen molar-refractivity contribution in [3.05, 3.63) is 27.9 Å². The lowest BCUT2D eigenvalue weighted by molar-refractivity contribution is -0.352. The van der Waals surface area contributed by atoms with Gasteiger partial charge in [0.1, 0.15) is 11.1 Å². The lowest BCUT2D eigenvalue weighted by atomic mass is 10.2. The molecule has 3 N–H and O–H groups in total. The molecule has 2 aromatic rings. The molecule has 0 aliphatic carbocycles. The third kappa shape index (κ3) is 2.91. The maximum Gasteiger partial charge on any atom is 0.327 e. The van der Waals surface area contributed by atoms with E-state index >= 15 is 0 Å². The van der Waals surface area contributed by atoms with Gasteiger partial charge >= 0.3 is 5.56 Å². The summed E-state index contributed by atoms with van der Waals surface area (Å²) in [7, 11) is 0. The van der Waals surface area contributed by atoms with Crippen LogP contribution in [-0.4, -0.2) is 36.1 Å². The smallest absolute Gasteiger partial charge is 0.327 e. The standard InChI is InChI=1S/C11H12ClN5O.C2H6/c12-9-7-5-8(17-3-1-13-2-4-17)11(18)16-10(7)15-6-14-9;1-2/h5-6,13H,1-4H2,(H,14,15,16,18);1-2H3/p+1. The number of piperazine rings is 1. The molecule has 108 valence electrons. The van der Waals surface area contributed by atoms with Gasteiger partial charge in [-0.1, -0.05) is 18.8 Å². The number of anilines is 1. The third-order valence-electron chi connectivity index (χ3n) is 3.09. The Bertz CT molecular complexity index is 636. The fourth-order valence-electron chi connectivity index (χ4n) is 2.16. The van der Waals surface area contributed by atoms with Crippen LogP contribution in [0.5, 0.6) is 0 Å². The first-order valence-electron chi connectivity index (χ1n) is 6.80. The maximum atomic E-state index is 12.0. The molecule has 0 saturated carbocycles. The van der Waals surface area contributed by atoms with Crippen LogP contribution in [0, 0.1) is 0 Å². The normalized spacial score (nSPS) is 14.8. The van der Waals surface area contributed by atoms with E-state index in [4.69, 9.17) is 11.6 Å². The van der Waals surface area contributed by atoms with Crippen molar-refractivity contribution in [1.82, 2.24) is 15.3 Å². The Morgan fingerprint density at radius 3 is 2.75 bits per heavy atom. The predicted octanol–water partition coefficient (Wildman–Crippen LogP) is 0.826. The first kappa shape index (κ1) is 14.7. The average Bonchev–Trinajstić information content (AvgIpc) is 2.50. The van der Waals surface area contributed by atoms with E-state index in [-0.39, 0.29) is 5.56 Å². The van der Waals surface area contributed by atoms with Crippen LogP contribution >= 0.6 is 11.6 Å². The fourth-order valence-corrected chi connectivity index (χ4v) is 2.36. The van der Waals surface area contributed by atoms with Crippen molar-refractivity contribution in [3.8, 4) is 0 Å². The molecule has 6 nitrogen and oxygen atoms in total. The molecule has 0 radical (unpaired) electrons. The van der Waals surface area contributed by atoms with Crippen molar-refractivity contribution in [2.75, 3.05) is 31.1 Å². The predicted molar refractivity (Wildman–Crippen MR) is 80.4 cm³/mol. The molecule has 1 fully saturated rings. The third-order valence-corrected chi connectivity index (χ3v) is 3.39. The minimum atomic E-state index is -0.108. The van der Waals surface area contributed by atoms with Crippen molar-refractivity contribution in [1.29, 1.82) is 0 Å². The zero-order chi connectivity index (χ0) is 14.5. The van der Waals surface area contributed by atoms with Crippen LogP contribution in [0.2, 0.25) is 5.15 Å². The second-order valence-electron chi connectivity index (χ2n) is 4.20. The number of rotatable bonds is 1. The highest BCUT2D eigenvalue weighted by Gasteiger charge is 2.18. The zero-order valence-electron chi connectivity index (χ0n) is 11.7. The average molecular weight is 297 g/mol. The summed E-state index contributed by atoms with van der Waals surface area (Å²) in [5.74, 6) is 0. The van der Waals surface area contributed by atoms with E-state index in [1.807, 2.05) is 13.8 Å². The van der Waals surface area contributed by atoms with Crippen molar-refractivity contribution in [2.24, 2.45) is 0 Å². The summed E-state index contributed by atoms with van der Waals surface area (Å²) in [5, 5.41) is 4.37. The lowest BCUT2D eigenvalue weighted by Gasteiger charge is -2.28. The van der Waals surface area contributed by atoms with E-state index < -0.39 is 0 Å². The zero-order valence-corrected chi connectivity index (χ0v) is 12.4. The second kappa shape index (κ2) is 6.67. The largest absolute Gasteiger partial charge is 0.363 e. The quantitative estimate of drug-likeness (QED) is 0.764. The fraction of sp³-hybridized carbons (Fsp3) is 0.462. The van der Waals surface area contributed by atoms with Gasteiger partial charge in [-0.15, -0.1) is 0 Å². The van der Waals surface area contributed by atoms with E-state index in [9.17, 15) is 4.79 Å². The van der Waals surface area contributed by atoms with Gasteiger partial charge in [-0.2, -0.15) is 0 Å². The van der Waals surface area contributed by atoms with Crippen LogP contribution in [-0.2, 0) is 0 Å². The van der Waals surface area contributed by atoms with Gasteiger partial charge in [0.05, 0.1) is 0 Å². The van der Waals surface area contributed by atoms with Gasteiger partial charge in [0.2, 0.25) is 17.1 Å². The number of aromatic nitrogens is 3. The Balaban J connectivity index is 0.000000704. The summed E-state index contributed by atoms with van der Waals surface area (Å²) < 4.78 is 0. The number of hydrogen-bond donors (Lipinski definition) is 2. The Morgan fingerprint density at radius 2 is 2.05 bits per heavy atom. The number of fused-ring (bicyclic) bond motifs is 1. The van der Waals surface area contributed by atoms with E-state index in [1.165, 1.54) is 6.33 Å². The van der Waals surface area contributed by atoms with Crippen LogP contribution in [0.4, 0.5) is 5.69 Å². The second-order valence-corrected chi connectivity index (χ2v) is 4.56. The van der Waals surface area contributed by atoms with Crippen LogP contribution in [0.15, 0.2) is 17.2 Å². The van der Waals surface area contributed by atoms with Crippen molar-refractivity contribution in [2.45, 2.75) is 13.8 Å². The minimum Gasteiger partial charge on any atom is -0.363 e. The SMILES string of the molecule is CC.O=c1[nH]c2[nH+]cnc(Cl)c2cc1N1CCNCC1. The molecule has 7 heteroatoms. The van der Waals surface area contributed by atoms with Gasteiger partial charge < -0.3 is 10.2 Å². The summed E-state index contributed by atoms with van der Waals surface area (Å²) in [6.07, 6.45) is 1.46. The molecule has 0 bridgehead atoms. The van der Waals surface area contributed by atoms with Gasteiger partial charge in [0, 0.05) is 26.2 Å². The topological polar surface area (TPSA) is 75.2 Å². The molecule has 0 aromatic carbocycles. The summed E-state index contributed by atoms with van der Waals surface area (Å²) in [5.41, 5.74) is 1.13. The Hall–Kier alpha value is -1.66. The molecule has 1 aliphatic heterocycles. The highest BCUT2D eigenvalue weighted by molar-refractivity contribution is 6.33. The Labute approximate surface area is 122 Å². The van der Waals surface area contributed by atoms with Crippen molar-refractivity contribution >= 4 is 28.3 Å². The first-order valence-corrected chi connectivity index (χ1v) is 7.18.